The first kappa shape index (κ1) is 20.9. The van der Waals surface area contributed by atoms with Crippen molar-refractivity contribution in [2.75, 3.05) is 36.0 Å². The number of hydrogen-bond acceptors (Lipinski definition) is 4. The second-order valence-corrected chi connectivity index (χ2v) is 9.35. The van der Waals surface area contributed by atoms with Crippen LogP contribution in [0.4, 0.5) is 11.4 Å². The average molecular weight is 447 g/mol. The Hall–Kier alpha value is -2.97. The van der Waals surface area contributed by atoms with E-state index in [1.165, 1.54) is 11.3 Å². The second-order valence-electron chi connectivity index (χ2n) is 8.94. The summed E-state index contributed by atoms with van der Waals surface area (Å²) in [5.74, 6) is 0.789. The maximum absolute atomic E-state index is 11.0. The van der Waals surface area contributed by atoms with Crippen LogP contribution in [-0.4, -0.2) is 37.4 Å². The summed E-state index contributed by atoms with van der Waals surface area (Å²) in [7, 11) is 0. The molecular formula is C26H27ClN4O. The molecule has 2 fully saturated rings. The molecule has 3 aromatic rings. The molecule has 164 valence electrons. The first-order chi connectivity index (χ1) is 15.7. The normalized spacial score (nSPS) is 18.1. The molecule has 1 N–H and O–H groups in total. The largest absolute Gasteiger partial charge is 0.371 e. The number of aromatic amines is 1. The van der Waals surface area contributed by atoms with Crippen molar-refractivity contribution in [2.24, 2.45) is 5.92 Å². The van der Waals surface area contributed by atoms with Crippen molar-refractivity contribution >= 4 is 40.2 Å². The van der Waals surface area contributed by atoms with E-state index < -0.39 is 0 Å². The zero-order valence-electron chi connectivity index (χ0n) is 18.1. The zero-order chi connectivity index (χ0) is 22.1. The number of rotatable bonds is 4. The summed E-state index contributed by atoms with van der Waals surface area (Å²) in [5, 5.41) is 10.8. The van der Waals surface area contributed by atoms with Gasteiger partial charge in [-0.2, -0.15) is 5.26 Å². The van der Waals surface area contributed by atoms with Gasteiger partial charge in [-0.15, -0.1) is 0 Å². The third-order valence-electron chi connectivity index (χ3n) is 7.18. The fourth-order valence-electron chi connectivity index (χ4n) is 5.25. The van der Waals surface area contributed by atoms with E-state index in [-0.39, 0.29) is 5.92 Å². The van der Waals surface area contributed by atoms with Crippen LogP contribution in [0.2, 0.25) is 5.02 Å². The fourth-order valence-corrected chi connectivity index (χ4v) is 5.51. The van der Waals surface area contributed by atoms with Gasteiger partial charge in [0.1, 0.15) is 12.4 Å². The van der Waals surface area contributed by atoms with Gasteiger partial charge in [0.05, 0.1) is 21.8 Å². The van der Waals surface area contributed by atoms with E-state index in [0.29, 0.717) is 16.5 Å². The average Bonchev–Trinajstić information content (AvgIpc) is 3.30. The quantitative estimate of drug-likeness (QED) is 0.538. The molecule has 0 bridgehead atoms. The topological polar surface area (TPSA) is 63.1 Å². The third-order valence-corrected chi connectivity index (χ3v) is 7.50. The number of aromatic nitrogens is 1. The summed E-state index contributed by atoms with van der Waals surface area (Å²) in [6.45, 7) is 3.87. The lowest BCUT2D eigenvalue weighted by Crippen LogP contribution is -2.34. The highest BCUT2D eigenvalue weighted by atomic mass is 35.5. The molecule has 2 aromatic carbocycles. The summed E-state index contributed by atoms with van der Waals surface area (Å²) < 4.78 is 0. The van der Waals surface area contributed by atoms with Crippen molar-refractivity contribution in [3.05, 3.63) is 58.7 Å². The Labute approximate surface area is 193 Å². The molecule has 0 radical (unpaired) electrons. The number of nitrogens with one attached hydrogen (secondary N) is 1. The number of nitriles is 1. The highest BCUT2D eigenvalue weighted by Crippen LogP contribution is 2.37. The second kappa shape index (κ2) is 8.88. The van der Waals surface area contributed by atoms with Crippen molar-refractivity contribution in [1.82, 2.24) is 4.98 Å². The Bertz CT molecular complexity index is 1150. The van der Waals surface area contributed by atoms with Crippen molar-refractivity contribution in [3.63, 3.8) is 0 Å². The molecule has 6 heteroatoms. The number of carbonyl (C=O) groups is 1. The van der Waals surface area contributed by atoms with Crippen LogP contribution >= 0.6 is 11.6 Å². The molecule has 0 amide bonds. The van der Waals surface area contributed by atoms with E-state index >= 15 is 0 Å². The lowest BCUT2D eigenvalue weighted by Gasteiger charge is -2.35. The molecule has 2 aliphatic heterocycles. The molecule has 1 aromatic heterocycles. The zero-order valence-corrected chi connectivity index (χ0v) is 18.8. The summed E-state index contributed by atoms with van der Waals surface area (Å²) in [5.41, 5.74) is 5.34. The van der Waals surface area contributed by atoms with Crippen LogP contribution < -0.4 is 9.80 Å². The molecule has 0 saturated carbocycles. The molecular weight excluding hydrogens is 420 g/mol. The van der Waals surface area contributed by atoms with Gasteiger partial charge in [0.15, 0.2) is 0 Å². The van der Waals surface area contributed by atoms with Crippen molar-refractivity contribution in [3.8, 4) is 6.07 Å². The van der Waals surface area contributed by atoms with Gasteiger partial charge in [0.2, 0.25) is 0 Å². The fraction of sp³-hybridized carbons (Fsp3) is 0.385. The van der Waals surface area contributed by atoms with Crippen LogP contribution in [-0.2, 0) is 4.79 Å². The number of anilines is 2. The van der Waals surface area contributed by atoms with Crippen molar-refractivity contribution < 1.29 is 4.79 Å². The SMILES string of the molecule is N#Cc1c[nH]c2c(N3CCC(c4ccc(N5CCC(C=O)CC5)cc4)CC3)ccc(Cl)c12. The van der Waals surface area contributed by atoms with Crippen molar-refractivity contribution in [1.29, 1.82) is 5.26 Å². The molecule has 0 aliphatic carbocycles. The molecule has 32 heavy (non-hydrogen) atoms. The Balaban J connectivity index is 1.25. The van der Waals surface area contributed by atoms with E-state index in [1.54, 1.807) is 6.20 Å². The van der Waals surface area contributed by atoms with E-state index in [2.05, 4.69) is 51.2 Å². The molecule has 0 atom stereocenters. The van der Waals surface area contributed by atoms with Gasteiger partial charge in [0, 0.05) is 49.4 Å². The van der Waals surface area contributed by atoms with Gasteiger partial charge < -0.3 is 19.6 Å². The van der Waals surface area contributed by atoms with Crippen LogP contribution in [0.3, 0.4) is 0 Å². The van der Waals surface area contributed by atoms with Crippen LogP contribution in [0.25, 0.3) is 10.9 Å². The van der Waals surface area contributed by atoms with Gasteiger partial charge in [0.25, 0.3) is 0 Å². The van der Waals surface area contributed by atoms with Crippen LogP contribution in [0.5, 0.6) is 0 Å². The van der Waals surface area contributed by atoms with E-state index in [0.717, 1.165) is 74.7 Å². The number of benzene rings is 2. The number of fused-ring (bicyclic) bond motifs is 1. The maximum Gasteiger partial charge on any atom is 0.123 e. The lowest BCUT2D eigenvalue weighted by molar-refractivity contribution is -0.111. The number of hydrogen-bond donors (Lipinski definition) is 1. The van der Waals surface area contributed by atoms with E-state index in [9.17, 15) is 10.1 Å². The highest BCUT2D eigenvalue weighted by Gasteiger charge is 2.24. The minimum atomic E-state index is 0.232. The minimum absolute atomic E-state index is 0.232. The van der Waals surface area contributed by atoms with Gasteiger partial charge in [-0.25, -0.2) is 0 Å². The first-order valence-electron chi connectivity index (χ1n) is 11.4. The van der Waals surface area contributed by atoms with Gasteiger partial charge in [-0.3, -0.25) is 0 Å². The molecule has 3 heterocycles. The van der Waals surface area contributed by atoms with E-state index in [4.69, 9.17) is 11.6 Å². The van der Waals surface area contributed by atoms with Gasteiger partial charge in [-0.05, 0) is 61.4 Å². The minimum Gasteiger partial charge on any atom is -0.371 e. The summed E-state index contributed by atoms with van der Waals surface area (Å²) in [4.78, 5) is 19.0. The molecule has 2 aliphatic rings. The smallest absolute Gasteiger partial charge is 0.123 e. The highest BCUT2D eigenvalue weighted by molar-refractivity contribution is 6.36. The molecule has 2 saturated heterocycles. The summed E-state index contributed by atoms with van der Waals surface area (Å²) >= 11 is 6.37. The van der Waals surface area contributed by atoms with Crippen LogP contribution in [0.15, 0.2) is 42.6 Å². The Morgan fingerprint density at radius 3 is 2.31 bits per heavy atom. The predicted molar refractivity (Wildman–Crippen MR) is 130 cm³/mol. The summed E-state index contributed by atoms with van der Waals surface area (Å²) in [6.07, 6.45) is 6.96. The standard InChI is InChI=1S/C26H27ClN4O/c27-23-5-6-24(26-25(23)21(15-28)16-29-26)31-13-9-20(10-14-31)19-1-3-22(4-2-19)30-11-7-18(17-32)8-12-30/h1-6,16-18,20,29H,7-14H2. The Morgan fingerprint density at radius 1 is 0.969 bits per heavy atom. The number of aldehydes is 1. The summed E-state index contributed by atoms with van der Waals surface area (Å²) in [6, 6.07) is 15.2. The number of H-pyrrole nitrogens is 1. The number of piperidine rings is 2. The third kappa shape index (κ3) is 3.84. The first-order valence-corrected chi connectivity index (χ1v) is 11.8. The van der Waals surface area contributed by atoms with E-state index in [1.807, 2.05) is 6.07 Å². The molecule has 0 spiro atoms. The number of nitrogens with zero attached hydrogens (tertiary/aromatic N) is 3. The Morgan fingerprint density at radius 2 is 1.66 bits per heavy atom. The lowest BCUT2D eigenvalue weighted by atomic mass is 9.89. The number of carbonyl (C=O) groups excluding carboxylic acids is 1. The maximum atomic E-state index is 11.0. The number of halogens is 1. The van der Waals surface area contributed by atoms with Crippen LogP contribution in [0, 0.1) is 17.2 Å². The monoisotopic (exact) mass is 446 g/mol. The molecule has 5 nitrogen and oxygen atoms in total. The van der Waals surface area contributed by atoms with Gasteiger partial charge in [-0.1, -0.05) is 23.7 Å². The van der Waals surface area contributed by atoms with Gasteiger partial charge >= 0.3 is 0 Å². The van der Waals surface area contributed by atoms with Crippen molar-refractivity contribution in [2.45, 2.75) is 31.6 Å². The molecule has 0 unspecified atom stereocenters. The van der Waals surface area contributed by atoms with Crippen LogP contribution in [0.1, 0.15) is 42.7 Å². The Kier molecular flexibility index (Phi) is 5.80. The predicted octanol–water partition coefficient (Wildman–Crippen LogP) is 5.49. The molecule has 5 rings (SSSR count).